The van der Waals surface area contributed by atoms with Crippen LogP contribution in [0.4, 0.5) is 0 Å². The molecule has 1 saturated heterocycles. The summed E-state index contributed by atoms with van der Waals surface area (Å²) >= 11 is 12.6. The van der Waals surface area contributed by atoms with E-state index in [-0.39, 0.29) is 12.6 Å². The monoisotopic (exact) mass is 471 g/mol. The van der Waals surface area contributed by atoms with Crippen molar-refractivity contribution < 1.29 is 14.2 Å². The zero-order valence-electron chi connectivity index (χ0n) is 16.8. The van der Waals surface area contributed by atoms with Gasteiger partial charge in [0.25, 0.3) is 0 Å². The van der Waals surface area contributed by atoms with Crippen LogP contribution in [0.3, 0.4) is 0 Å². The maximum atomic E-state index is 6.49. The van der Waals surface area contributed by atoms with Crippen molar-refractivity contribution in [1.82, 2.24) is 24.5 Å². The highest BCUT2D eigenvalue weighted by molar-refractivity contribution is 6.35. The van der Waals surface area contributed by atoms with Gasteiger partial charge in [-0.15, -0.1) is 0 Å². The van der Waals surface area contributed by atoms with Crippen LogP contribution in [0.25, 0.3) is 5.69 Å². The predicted octanol–water partition coefficient (Wildman–Crippen LogP) is 4.12. The van der Waals surface area contributed by atoms with E-state index in [1.165, 1.54) is 6.33 Å². The van der Waals surface area contributed by atoms with Gasteiger partial charge in [0.2, 0.25) is 5.79 Å². The number of hydrogen-bond donors (Lipinski definition) is 0. The van der Waals surface area contributed by atoms with E-state index in [4.69, 9.17) is 37.4 Å². The van der Waals surface area contributed by atoms with Gasteiger partial charge in [-0.2, -0.15) is 10.2 Å². The summed E-state index contributed by atoms with van der Waals surface area (Å²) in [6, 6.07) is 14.8. The normalized spacial score (nSPS) is 20.5. The average molecular weight is 472 g/mol. The van der Waals surface area contributed by atoms with E-state index in [9.17, 15) is 0 Å². The van der Waals surface area contributed by atoms with Crippen LogP contribution in [0, 0.1) is 0 Å². The molecule has 0 saturated carbocycles. The third-order valence-corrected chi connectivity index (χ3v) is 5.63. The smallest absolute Gasteiger partial charge is 0.217 e. The first-order valence-electron chi connectivity index (χ1n) is 9.94. The quantitative estimate of drug-likeness (QED) is 0.403. The molecule has 0 bridgehead atoms. The number of halogens is 2. The Labute approximate surface area is 194 Å². The van der Waals surface area contributed by atoms with Crippen molar-refractivity contribution in [3.63, 3.8) is 0 Å². The summed E-state index contributed by atoms with van der Waals surface area (Å²) in [5.41, 5.74) is 1.62. The molecule has 0 amide bonds. The van der Waals surface area contributed by atoms with E-state index in [1.54, 1.807) is 40.1 Å². The van der Waals surface area contributed by atoms with Gasteiger partial charge >= 0.3 is 0 Å². The molecule has 10 heteroatoms. The first-order valence-corrected chi connectivity index (χ1v) is 10.7. The number of hydrogen-bond acceptors (Lipinski definition) is 6. The fraction of sp³-hybridized carbons (Fsp3) is 0.227. The topological polar surface area (TPSA) is 76.2 Å². The first kappa shape index (κ1) is 21.0. The third-order valence-electron chi connectivity index (χ3n) is 5.08. The molecule has 0 radical (unpaired) electrons. The summed E-state index contributed by atoms with van der Waals surface area (Å²) in [4.78, 5) is 4.00. The highest BCUT2D eigenvalue weighted by Gasteiger charge is 2.45. The van der Waals surface area contributed by atoms with Gasteiger partial charge in [-0.3, -0.25) is 0 Å². The molecule has 2 aromatic heterocycles. The Hall–Kier alpha value is -2.91. The van der Waals surface area contributed by atoms with Crippen molar-refractivity contribution in [2.24, 2.45) is 0 Å². The minimum Gasteiger partial charge on any atom is -0.491 e. The summed E-state index contributed by atoms with van der Waals surface area (Å²) in [5, 5.41) is 9.39. The lowest BCUT2D eigenvalue weighted by molar-refractivity contribution is -0.190. The van der Waals surface area contributed by atoms with Crippen LogP contribution in [0.15, 0.2) is 73.6 Å². The van der Waals surface area contributed by atoms with E-state index in [2.05, 4.69) is 15.2 Å². The number of aromatic nitrogens is 5. The molecule has 0 aliphatic carbocycles. The Kier molecular flexibility index (Phi) is 5.84. The largest absolute Gasteiger partial charge is 0.491 e. The highest BCUT2D eigenvalue weighted by Crippen LogP contribution is 2.40. The van der Waals surface area contributed by atoms with Gasteiger partial charge in [0.05, 0.1) is 17.3 Å². The average Bonchev–Trinajstić information content (AvgIpc) is 3.56. The number of nitrogens with zero attached hydrogens (tertiary/aromatic N) is 5. The second kappa shape index (κ2) is 8.91. The second-order valence-corrected chi connectivity index (χ2v) is 8.12. The molecule has 1 aliphatic heterocycles. The predicted molar refractivity (Wildman–Crippen MR) is 118 cm³/mol. The van der Waals surface area contributed by atoms with Crippen molar-refractivity contribution in [2.45, 2.75) is 18.4 Å². The number of benzene rings is 2. The summed E-state index contributed by atoms with van der Waals surface area (Å²) in [6.45, 7) is 0.924. The molecule has 4 aromatic rings. The minimum atomic E-state index is -1.13. The second-order valence-electron chi connectivity index (χ2n) is 7.28. The molecule has 1 aliphatic rings. The fourth-order valence-corrected chi connectivity index (χ4v) is 4.14. The highest BCUT2D eigenvalue weighted by atomic mass is 35.5. The summed E-state index contributed by atoms with van der Waals surface area (Å²) < 4.78 is 21.9. The lowest BCUT2D eigenvalue weighted by atomic mass is 10.1. The molecule has 32 heavy (non-hydrogen) atoms. The van der Waals surface area contributed by atoms with Gasteiger partial charge in [0.1, 0.15) is 37.7 Å². The Morgan fingerprint density at radius 1 is 1.12 bits per heavy atom. The zero-order valence-corrected chi connectivity index (χ0v) is 18.4. The van der Waals surface area contributed by atoms with Crippen molar-refractivity contribution in [1.29, 1.82) is 0 Å². The summed E-state index contributed by atoms with van der Waals surface area (Å²) in [7, 11) is 0. The third kappa shape index (κ3) is 4.35. The van der Waals surface area contributed by atoms with Crippen LogP contribution >= 0.6 is 23.2 Å². The van der Waals surface area contributed by atoms with Crippen molar-refractivity contribution >= 4 is 23.2 Å². The van der Waals surface area contributed by atoms with E-state index >= 15 is 0 Å². The molecule has 164 valence electrons. The van der Waals surface area contributed by atoms with Crippen LogP contribution in [0.2, 0.25) is 10.0 Å². The number of rotatable bonds is 7. The van der Waals surface area contributed by atoms with Crippen LogP contribution in [0.1, 0.15) is 5.56 Å². The van der Waals surface area contributed by atoms with Crippen LogP contribution in [0.5, 0.6) is 5.75 Å². The van der Waals surface area contributed by atoms with Gasteiger partial charge in [-0.1, -0.05) is 29.3 Å². The van der Waals surface area contributed by atoms with Gasteiger partial charge in [-0.05, 0) is 42.5 Å². The molecule has 8 nitrogen and oxygen atoms in total. The lowest BCUT2D eigenvalue weighted by Gasteiger charge is -2.29. The zero-order chi connectivity index (χ0) is 22.0. The Morgan fingerprint density at radius 3 is 2.72 bits per heavy atom. The lowest BCUT2D eigenvalue weighted by Crippen LogP contribution is -2.35. The van der Waals surface area contributed by atoms with Gasteiger partial charge in [0, 0.05) is 23.0 Å². The van der Waals surface area contributed by atoms with Gasteiger partial charge in [0.15, 0.2) is 0 Å². The molecule has 1 fully saturated rings. The van der Waals surface area contributed by atoms with Crippen LogP contribution < -0.4 is 4.74 Å². The van der Waals surface area contributed by atoms with Gasteiger partial charge in [-0.25, -0.2) is 14.3 Å². The fourth-order valence-electron chi connectivity index (χ4n) is 3.59. The minimum absolute atomic E-state index is 0.281. The first-order chi connectivity index (χ1) is 15.6. The molecule has 2 aromatic carbocycles. The summed E-state index contributed by atoms with van der Waals surface area (Å²) in [5.74, 6) is -0.407. The maximum Gasteiger partial charge on any atom is 0.217 e. The molecule has 2 atom stereocenters. The maximum absolute atomic E-state index is 6.49. The van der Waals surface area contributed by atoms with E-state index in [0.29, 0.717) is 28.8 Å². The molecular formula is C22H19Cl2N5O3. The Morgan fingerprint density at radius 2 is 2.00 bits per heavy atom. The Bertz CT molecular complexity index is 1170. The van der Waals surface area contributed by atoms with Crippen molar-refractivity contribution in [3.8, 4) is 11.4 Å². The van der Waals surface area contributed by atoms with Crippen molar-refractivity contribution in [2.75, 3.05) is 13.2 Å². The molecular weight excluding hydrogens is 453 g/mol. The molecule has 0 N–H and O–H groups in total. The Balaban J connectivity index is 1.30. The summed E-state index contributed by atoms with van der Waals surface area (Å²) in [6.07, 6.45) is 6.37. The van der Waals surface area contributed by atoms with Gasteiger partial charge < -0.3 is 14.2 Å². The van der Waals surface area contributed by atoms with E-state index in [1.807, 2.05) is 36.5 Å². The van der Waals surface area contributed by atoms with Crippen LogP contribution in [-0.4, -0.2) is 43.9 Å². The van der Waals surface area contributed by atoms with Crippen LogP contribution in [-0.2, 0) is 21.8 Å². The number of ether oxygens (including phenoxy) is 3. The van der Waals surface area contributed by atoms with E-state index in [0.717, 1.165) is 11.4 Å². The molecule has 3 heterocycles. The molecule has 2 unspecified atom stereocenters. The molecule has 5 rings (SSSR count). The SMILES string of the molecule is Clc1ccc(C2(Cn3cncn3)OCC(COc3ccc(-n4cccn4)cc3)O2)c(Cl)c1. The van der Waals surface area contributed by atoms with E-state index < -0.39 is 5.79 Å². The standard InChI is InChI=1S/C22H19Cl2N5O3/c23-16-2-7-20(21(24)10-16)22(13-28-15-25-14-27-28)31-12-19(32-22)11-30-18-5-3-17(4-6-18)29-9-1-8-26-29/h1-10,14-15,19H,11-13H2. The molecule has 0 spiro atoms. The van der Waals surface area contributed by atoms with Crippen molar-refractivity contribution in [3.05, 3.63) is 89.2 Å².